The maximum Gasteiger partial charge on any atom is 0.303 e. The molecule has 0 radical (unpaired) electrons. The molecular formula is C19H19N7O5. The van der Waals surface area contributed by atoms with Gasteiger partial charge in [0, 0.05) is 24.1 Å². The highest BCUT2D eigenvalue weighted by atomic mass is 16.4. The van der Waals surface area contributed by atoms with Crippen molar-refractivity contribution in [2.75, 3.05) is 11.1 Å². The summed E-state index contributed by atoms with van der Waals surface area (Å²) in [4.78, 5) is 60.7. The topological polar surface area (TPSA) is 193 Å². The Morgan fingerprint density at radius 2 is 1.84 bits per heavy atom. The molecule has 0 atom stereocenters. The predicted octanol–water partition coefficient (Wildman–Crippen LogP) is 0.419. The molecule has 6 N–H and O–H groups in total. The number of nitrogens with zero attached hydrogens (tertiary/aromatic N) is 3. The number of hydrogen-bond acceptors (Lipinski definition) is 9. The first kappa shape index (κ1) is 21.4. The van der Waals surface area contributed by atoms with Crippen molar-refractivity contribution in [1.29, 1.82) is 0 Å². The highest BCUT2D eigenvalue weighted by Gasteiger charge is 2.11. The number of amides is 2. The van der Waals surface area contributed by atoms with Gasteiger partial charge in [-0.3, -0.25) is 29.5 Å². The highest BCUT2D eigenvalue weighted by molar-refractivity contribution is 6.04. The Bertz CT molecular complexity index is 1190. The van der Waals surface area contributed by atoms with Crippen LogP contribution in [-0.2, 0) is 16.1 Å². The van der Waals surface area contributed by atoms with Crippen LogP contribution in [0.2, 0.25) is 0 Å². The summed E-state index contributed by atoms with van der Waals surface area (Å²) in [5.41, 5.74) is 6.67. The van der Waals surface area contributed by atoms with Crippen molar-refractivity contribution in [3.05, 3.63) is 52.1 Å². The van der Waals surface area contributed by atoms with Crippen molar-refractivity contribution >= 4 is 40.6 Å². The van der Waals surface area contributed by atoms with Crippen LogP contribution in [0.5, 0.6) is 0 Å². The van der Waals surface area contributed by atoms with E-state index in [2.05, 4.69) is 30.6 Å². The number of rotatable bonds is 8. The fourth-order valence-electron chi connectivity index (χ4n) is 2.65. The number of carbonyl (C=O) groups excluding carboxylic acids is 2. The molecule has 0 aliphatic rings. The first-order valence-electron chi connectivity index (χ1n) is 9.23. The third-order valence-electron chi connectivity index (χ3n) is 4.15. The lowest BCUT2D eigenvalue weighted by molar-refractivity contribution is -0.137. The van der Waals surface area contributed by atoms with Gasteiger partial charge in [0.2, 0.25) is 11.9 Å². The van der Waals surface area contributed by atoms with Crippen molar-refractivity contribution < 1.29 is 19.5 Å². The van der Waals surface area contributed by atoms with E-state index >= 15 is 0 Å². The molecule has 160 valence electrons. The number of imide groups is 1. The zero-order valence-electron chi connectivity index (χ0n) is 16.2. The summed E-state index contributed by atoms with van der Waals surface area (Å²) in [5.74, 6) is -2.14. The van der Waals surface area contributed by atoms with Crippen LogP contribution in [0.25, 0.3) is 11.2 Å². The Kier molecular flexibility index (Phi) is 6.50. The largest absolute Gasteiger partial charge is 0.481 e. The number of carboxylic acids is 1. The van der Waals surface area contributed by atoms with Gasteiger partial charge in [0.1, 0.15) is 0 Å². The molecule has 0 bridgehead atoms. The lowest BCUT2D eigenvalue weighted by atomic mass is 10.2. The van der Waals surface area contributed by atoms with Gasteiger partial charge in [0.25, 0.3) is 11.5 Å². The van der Waals surface area contributed by atoms with E-state index < -0.39 is 23.3 Å². The quantitative estimate of drug-likeness (QED) is 0.337. The van der Waals surface area contributed by atoms with E-state index in [9.17, 15) is 19.2 Å². The molecule has 31 heavy (non-hydrogen) atoms. The second kappa shape index (κ2) is 9.43. The summed E-state index contributed by atoms with van der Waals surface area (Å²) in [7, 11) is 0. The molecule has 3 aromatic rings. The lowest BCUT2D eigenvalue weighted by Crippen LogP contribution is -2.30. The van der Waals surface area contributed by atoms with Crippen molar-refractivity contribution in [3.8, 4) is 0 Å². The van der Waals surface area contributed by atoms with E-state index in [-0.39, 0.29) is 48.5 Å². The number of H-pyrrole nitrogens is 1. The maximum atomic E-state index is 12.1. The van der Waals surface area contributed by atoms with Crippen molar-refractivity contribution in [3.63, 3.8) is 0 Å². The Morgan fingerprint density at radius 3 is 2.55 bits per heavy atom. The number of hydrogen-bond donors (Lipinski definition) is 5. The average Bonchev–Trinajstić information content (AvgIpc) is 2.72. The van der Waals surface area contributed by atoms with Gasteiger partial charge in [-0.2, -0.15) is 4.98 Å². The normalized spacial score (nSPS) is 10.6. The monoisotopic (exact) mass is 425 g/mol. The van der Waals surface area contributed by atoms with E-state index in [0.717, 1.165) is 0 Å². The molecule has 0 saturated heterocycles. The van der Waals surface area contributed by atoms with E-state index in [1.807, 2.05) is 0 Å². The van der Waals surface area contributed by atoms with E-state index in [1.165, 1.54) is 18.3 Å². The lowest BCUT2D eigenvalue weighted by Gasteiger charge is -2.08. The van der Waals surface area contributed by atoms with Crippen molar-refractivity contribution in [1.82, 2.24) is 25.3 Å². The third kappa shape index (κ3) is 5.82. The highest BCUT2D eigenvalue weighted by Crippen LogP contribution is 2.12. The van der Waals surface area contributed by atoms with Gasteiger partial charge in [-0.1, -0.05) is 0 Å². The van der Waals surface area contributed by atoms with Crippen molar-refractivity contribution in [2.45, 2.75) is 25.8 Å². The van der Waals surface area contributed by atoms with Crippen molar-refractivity contribution in [2.24, 2.45) is 0 Å². The number of nitrogens with two attached hydrogens (primary N) is 1. The molecule has 2 amide bonds. The van der Waals surface area contributed by atoms with Crippen LogP contribution in [0.1, 0.15) is 35.3 Å². The molecule has 0 aliphatic heterocycles. The number of carbonyl (C=O) groups is 3. The van der Waals surface area contributed by atoms with Crippen LogP contribution in [0.15, 0.2) is 35.3 Å². The molecular weight excluding hydrogens is 406 g/mol. The summed E-state index contributed by atoms with van der Waals surface area (Å²) < 4.78 is 0. The maximum absolute atomic E-state index is 12.1. The Hall–Kier alpha value is -4.35. The van der Waals surface area contributed by atoms with Crippen LogP contribution in [0, 0.1) is 0 Å². The van der Waals surface area contributed by atoms with Gasteiger partial charge in [0.05, 0.1) is 18.4 Å². The fraction of sp³-hybridized carbons (Fsp3) is 0.211. The second-order valence-electron chi connectivity index (χ2n) is 6.54. The number of aromatic nitrogens is 4. The smallest absolute Gasteiger partial charge is 0.303 e. The predicted molar refractivity (Wildman–Crippen MR) is 110 cm³/mol. The first-order chi connectivity index (χ1) is 14.8. The number of fused-ring (bicyclic) bond motifs is 1. The van der Waals surface area contributed by atoms with Gasteiger partial charge in [-0.25, -0.2) is 9.97 Å². The average molecular weight is 425 g/mol. The van der Waals surface area contributed by atoms with Gasteiger partial charge in [-0.15, -0.1) is 0 Å². The fourth-order valence-corrected chi connectivity index (χ4v) is 2.65. The molecule has 1 aromatic carbocycles. The molecule has 2 heterocycles. The minimum absolute atomic E-state index is 0.0382. The van der Waals surface area contributed by atoms with Crippen LogP contribution in [-0.4, -0.2) is 42.8 Å². The Balaban J connectivity index is 1.56. The molecule has 3 rings (SSSR count). The molecule has 0 fully saturated rings. The van der Waals surface area contributed by atoms with E-state index in [4.69, 9.17) is 10.8 Å². The number of nitrogens with one attached hydrogen (secondary N) is 3. The standard InChI is InChI=1S/C19H19N7O5/c20-19-25-16-15(18(31)26-19)23-12(9-22-16)8-21-11-6-4-10(5-7-11)17(30)24-13(27)2-1-3-14(28)29/h4-7,9,21H,1-3,8H2,(H,28,29)(H,24,27,30)(H3,20,22,25,26,31). The Labute approximate surface area is 174 Å². The minimum atomic E-state index is -0.995. The summed E-state index contributed by atoms with van der Waals surface area (Å²) in [5, 5.41) is 13.9. The molecule has 0 aliphatic carbocycles. The van der Waals surface area contributed by atoms with E-state index in [0.29, 0.717) is 11.4 Å². The summed E-state index contributed by atoms with van der Waals surface area (Å²) in [6.07, 6.45) is 1.45. The SMILES string of the molecule is Nc1nc2ncc(CNc3ccc(C(=O)NC(=O)CCCC(=O)O)cc3)nc2c(=O)[nH]1. The molecule has 0 spiro atoms. The number of benzene rings is 1. The van der Waals surface area contributed by atoms with Crippen LogP contribution >= 0.6 is 0 Å². The molecule has 12 heteroatoms. The van der Waals surface area contributed by atoms with E-state index in [1.54, 1.807) is 12.1 Å². The van der Waals surface area contributed by atoms with Crippen LogP contribution in [0.4, 0.5) is 11.6 Å². The van der Waals surface area contributed by atoms with Gasteiger partial charge in [0.15, 0.2) is 11.2 Å². The molecule has 12 nitrogen and oxygen atoms in total. The summed E-state index contributed by atoms with van der Waals surface area (Å²) in [6, 6.07) is 6.36. The third-order valence-corrected chi connectivity index (χ3v) is 4.15. The molecule has 0 saturated carbocycles. The summed E-state index contributed by atoms with van der Waals surface area (Å²) in [6.45, 7) is 0.264. The summed E-state index contributed by atoms with van der Waals surface area (Å²) >= 11 is 0. The number of anilines is 2. The number of aromatic amines is 1. The zero-order chi connectivity index (χ0) is 22.4. The second-order valence-corrected chi connectivity index (χ2v) is 6.54. The number of carboxylic acid groups (broad SMARTS) is 1. The van der Waals surface area contributed by atoms with Crippen LogP contribution < -0.4 is 21.9 Å². The van der Waals surface area contributed by atoms with Gasteiger partial charge < -0.3 is 16.2 Å². The number of nitrogen functional groups attached to an aromatic ring is 1. The van der Waals surface area contributed by atoms with Gasteiger partial charge in [-0.05, 0) is 30.7 Å². The van der Waals surface area contributed by atoms with Gasteiger partial charge >= 0.3 is 5.97 Å². The number of aliphatic carboxylic acids is 1. The minimum Gasteiger partial charge on any atom is -0.481 e. The Morgan fingerprint density at radius 1 is 1.10 bits per heavy atom. The first-order valence-corrected chi connectivity index (χ1v) is 9.23. The van der Waals surface area contributed by atoms with Crippen LogP contribution in [0.3, 0.4) is 0 Å². The zero-order valence-corrected chi connectivity index (χ0v) is 16.2. The molecule has 2 aromatic heterocycles. The molecule has 0 unspecified atom stereocenters.